The van der Waals surface area contributed by atoms with Gasteiger partial charge in [-0.25, -0.2) is 0 Å². The SMILES string of the molecule is C[C@H](CCC(=O)O)C1CCC2C3C(O)CC4C[C@H](O)CCC4(C)C3CCC21C. The van der Waals surface area contributed by atoms with Gasteiger partial charge in [0.2, 0.25) is 0 Å². The van der Waals surface area contributed by atoms with E-state index in [-0.39, 0.29) is 29.5 Å². The van der Waals surface area contributed by atoms with Gasteiger partial charge >= 0.3 is 5.97 Å². The number of hydrogen-bond donors (Lipinski definition) is 3. The van der Waals surface area contributed by atoms with Gasteiger partial charge in [0.25, 0.3) is 0 Å². The monoisotopic (exact) mass is 392 g/mol. The van der Waals surface area contributed by atoms with Crippen molar-refractivity contribution in [2.75, 3.05) is 0 Å². The predicted octanol–water partition coefficient (Wildman–Crippen LogP) is 4.48. The van der Waals surface area contributed by atoms with Crippen LogP contribution in [0.25, 0.3) is 0 Å². The summed E-state index contributed by atoms with van der Waals surface area (Å²) < 4.78 is 0. The van der Waals surface area contributed by atoms with E-state index in [1.54, 1.807) is 0 Å². The summed E-state index contributed by atoms with van der Waals surface area (Å²) in [5.74, 6) is 2.36. The first kappa shape index (κ1) is 20.7. The molecular formula is C24H40O4. The van der Waals surface area contributed by atoms with Crippen molar-refractivity contribution in [1.82, 2.24) is 0 Å². The molecule has 0 aromatic rings. The third-order valence-electron chi connectivity index (χ3n) is 10.2. The van der Waals surface area contributed by atoms with Gasteiger partial charge in [0.1, 0.15) is 0 Å². The highest BCUT2D eigenvalue weighted by atomic mass is 16.4. The van der Waals surface area contributed by atoms with E-state index in [9.17, 15) is 15.0 Å². The Labute approximate surface area is 170 Å². The minimum Gasteiger partial charge on any atom is -0.481 e. The van der Waals surface area contributed by atoms with E-state index in [1.165, 1.54) is 25.7 Å². The van der Waals surface area contributed by atoms with Gasteiger partial charge in [-0.15, -0.1) is 0 Å². The van der Waals surface area contributed by atoms with Gasteiger partial charge in [0.05, 0.1) is 12.2 Å². The van der Waals surface area contributed by atoms with Crippen molar-refractivity contribution < 1.29 is 20.1 Å². The maximum absolute atomic E-state index is 11.2. The minimum atomic E-state index is -0.684. The van der Waals surface area contributed by atoms with Gasteiger partial charge in [-0.2, -0.15) is 0 Å². The number of fused-ring (bicyclic) bond motifs is 5. The van der Waals surface area contributed by atoms with Crippen LogP contribution in [-0.4, -0.2) is 33.5 Å². The predicted molar refractivity (Wildman–Crippen MR) is 109 cm³/mol. The number of carboxylic acids is 1. The van der Waals surface area contributed by atoms with Crippen LogP contribution in [0.5, 0.6) is 0 Å². The van der Waals surface area contributed by atoms with Crippen molar-refractivity contribution in [3.8, 4) is 0 Å². The topological polar surface area (TPSA) is 77.8 Å². The fourth-order valence-electron chi connectivity index (χ4n) is 8.73. The average molecular weight is 393 g/mol. The van der Waals surface area contributed by atoms with Crippen LogP contribution in [0.3, 0.4) is 0 Å². The van der Waals surface area contributed by atoms with E-state index in [2.05, 4.69) is 20.8 Å². The fraction of sp³-hybridized carbons (Fsp3) is 0.958. The molecule has 8 unspecified atom stereocenters. The van der Waals surface area contributed by atoms with Crippen molar-refractivity contribution >= 4 is 5.97 Å². The van der Waals surface area contributed by atoms with Crippen molar-refractivity contribution in [3.63, 3.8) is 0 Å². The summed E-state index contributed by atoms with van der Waals surface area (Å²) in [7, 11) is 0. The Morgan fingerprint density at radius 1 is 1.00 bits per heavy atom. The molecule has 0 aromatic carbocycles. The Morgan fingerprint density at radius 3 is 2.39 bits per heavy atom. The first-order valence-corrected chi connectivity index (χ1v) is 11.7. The van der Waals surface area contributed by atoms with E-state index in [0.29, 0.717) is 35.5 Å². The summed E-state index contributed by atoms with van der Waals surface area (Å²) in [5.41, 5.74) is 0.523. The van der Waals surface area contributed by atoms with Gasteiger partial charge < -0.3 is 15.3 Å². The summed E-state index contributed by atoms with van der Waals surface area (Å²) >= 11 is 0. The molecule has 0 heterocycles. The van der Waals surface area contributed by atoms with Gasteiger partial charge in [0, 0.05) is 6.42 Å². The summed E-state index contributed by atoms with van der Waals surface area (Å²) in [4.78, 5) is 11.1. The van der Waals surface area contributed by atoms with Crippen molar-refractivity contribution in [2.45, 2.75) is 97.2 Å². The molecule has 4 saturated carbocycles. The van der Waals surface area contributed by atoms with Crippen LogP contribution >= 0.6 is 0 Å². The van der Waals surface area contributed by atoms with Gasteiger partial charge in [-0.3, -0.25) is 4.79 Å². The highest BCUT2D eigenvalue weighted by Crippen LogP contribution is 2.68. The number of carboxylic acid groups (broad SMARTS) is 1. The van der Waals surface area contributed by atoms with Gasteiger partial charge in [0.15, 0.2) is 0 Å². The standard InChI is InChI=1S/C24H40O4/c1-14(4-7-21(27)28)17-5-6-18-22-19(9-11-24(17,18)3)23(2)10-8-16(25)12-15(23)13-20(22)26/h14-20,22,25-26H,4-13H2,1-3H3,(H,27,28)/t14-,15?,16-,17?,18?,19?,20?,22?,23?,24?/m1/s1. The zero-order chi connectivity index (χ0) is 20.3. The molecule has 0 amide bonds. The molecule has 3 N–H and O–H groups in total. The van der Waals surface area contributed by atoms with Crippen LogP contribution < -0.4 is 0 Å². The van der Waals surface area contributed by atoms with E-state index < -0.39 is 5.97 Å². The van der Waals surface area contributed by atoms with Crippen LogP contribution in [0, 0.1) is 46.3 Å². The van der Waals surface area contributed by atoms with Gasteiger partial charge in [-0.1, -0.05) is 20.8 Å². The first-order chi connectivity index (χ1) is 13.2. The maximum atomic E-state index is 11.2. The fourth-order valence-corrected chi connectivity index (χ4v) is 8.73. The van der Waals surface area contributed by atoms with Crippen LogP contribution in [0.1, 0.15) is 85.0 Å². The molecule has 160 valence electrons. The Morgan fingerprint density at radius 2 is 1.68 bits per heavy atom. The van der Waals surface area contributed by atoms with Crippen molar-refractivity contribution in [3.05, 3.63) is 0 Å². The highest BCUT2D eigenvalue weighted by molar-refractivity contribution is 5.66. The van der Waals surface area contributed by atoms with Crippen LogP contribution in [0.15, 0.2) is 0 Å². The maximum Gasteiger partial charge on any atom is 0.303 e. The molecule has 4 heteroatoms. The highest BCUT2D eigenvalue weighted by Gasteiger charge is 2.62. The molecule has 4 nitrogen and oxygen atoms in total. The lowest BCUT2D eigenvalue weighted by molar-refractivity contribution is -0.174. The lowest BCUT2D eigenvalue weighted by Gasteiger charge is -2.62. The molecule has 0 bridgehead atoms. The van der Waals surface area contributed by atoms with Crippen LogP contribution in [0.2, 0.25) is 0 Å². The van der Waals surface area contributed by atoms with Crippen LogP contribution in [0.4, 0.5) is 0 Å². The summed E-state index contributed by atoms with van der Waals surface area (Å²) in [6.45, 7) is 7.16. The van der Waals surface area contributed by atoms with Crippen molar-refractivity contribution in [1.29, 1.82) is 0 Å². The molecule has 0 aliphatic heterocycles. The molecule has 28 heavy (non-hydrogen) atoms. The normalized spacial score (nSPS) is 51.7. The third-order valence-corrected chi connectivity index (χ3v) is 10.2. The molecule has 10 atom stereocenters. The molecule has 0 spiro atoms. The van der Waals surface area contributed by atoms with E-state index in [0.717, 1.165) is 32.1 Å². The zero-order valence-corrected chi connectivity index (χ0v) is 17.9. The summed E-state index contributed by atoms with van der Waals surface area (Å²) in [6, 6.07) is 0. The first-order valence-electron chi connectivity index (χ1n) is 11.7. The summed E-state index contributed by atoms with van der Waals surface area (Å²) in [6.07, 6.45) is 9.19. The Balaban J connectivity index is 1.55. The molecule has 4 rings (SSSR count). The second-order valence-electron chi connectivity index (χ2n) is 11.4. The Kier molecular flexibility index (Phi) is 5.36. The minimum absolute atomic E-state index is 0.179. The number of aliphatic hydroxyl groups is 2. The second kappa shape index (κ2) is 7.27. The third kappa shape index (κ3) is 3.14. The molecule has 4 aliphatic rings. The molecule has 4 aliphatic carbocycles. The number of rotatable bonds is 4. The largest absolute Gasteiger partial charge is 0.481 e. The lowest BCUT2D eigenvalue weighted by atomic mass is 9.43. The zero-order valence-electron chi connectivity index (χ0n) is 17.9. The average Bonchev–Trinajstić information content (AvgIpc) is 2.98. The number of hydrogen-bond acceptors (Lipinski definition) is 3. The van der Waals surface area contributed by atoms with Gasteiger partial charge in [-0.05, 0) is 104 Å². The van der Waals surface area contributed by atoms with Crippen molar-refractivity contribution in [2.24, 2.45) is 46.3 Å². The Hall–Kier alpha value is -0.610. The lowest BCUT2D eigenvalue weighted by Crippen LogP contribution is -2.58. The number of aliphatic carboxylic acids is 1. The molecular weight excluding hydrogens is 352 g/mol. The van der Waals surface area contributed by atoms with E-state index in [1.807, 2.05) is 0 Å². The van der Waals surface area contributed by atoms with E-state index >= 15 is 0 Å². The molecule has 4 fully saturated rings. The molecule has 0 radical (unpaired) electrons. The molecule has 0 aromatic heterocycles. The Bertz CT molecular complexity index is 605. The summed E-state index contributed by atoms with van der Waals surface area (Å²) in [5, 5.41) is 30.5. The smallest absolute Gasteiger partial charge is 0.303 e. The number of carbonyl (C=O) groups is 1. The second-order valence-corrected chi connectivity index (χ2v) is 11.4. The van der Waals surface area contributed by atoms with E-state index in [4.69, 9.17) is 5.11 Å². The molecule has 0 saturated heterocycles. The quantitative estimate of drug-likeness (QED) is 0.659. The van der Waals surface area contributed by atoms with Crippen LogP contribution in [-0.2, 0) is 4.79 Å². The number of aliphatic hydroxyl groups excluding tert-OH is 2.